The maximum atomic E-state index is 11.5. The summed E-state index contributed by atoms with van der Waals surface area (Å²) in [5, 5.41) is 11.1. The van der Waals surface area contributed by atoms with Gasteiger partial charge in [-0.2, -0.15) is 0 Å². The van der Waals surface area contributed by atoms with E-state index >= 15 is 0 Å². The van der Waals surface area contributed by atoms with Gasteiger partial charge in [-0.15, -0.1) is 0 Å². The van der Waals surface area contributed by atoms with Gasteiger partial charge in [0.15, 0.2) is 6.61 Å². The monoisotopic (exact) mass is 353 g/mol. The lowest BCUT2D eigenvalue weighted by Gasteiger charge is -2.19. The molecule has 9 nitrogen and oxygen atoms in total. The van der Waals surface area contributed by atoms with Crippen molar-refractivity contribution in [3.8, 4) is 5.75 Å². The van der Waals surface area contributed by atoms with Crippen LogP contribution in [0.2, 0.25) is 0 Å². The standard InChI is InChI=1S/C16H23N3O6/c1-16(2,3)25-15(23)19-18-14(22)17-9-8-11-4-6-12(7-5-11)24-10-13(20)21/h4-7H,8-10H2,1-3H3,(H,19,23)(H,20,21)(H2,17,18,22). The van der Waals surface area contributed by atoms with E-state index in [1.54, 1.807) is 45.0 Å². The quantitative estimate of drug-likeness (QED) is 0.573. The van der Waals surface area contributed by atoms with Crippen molar-refractivity contribution in [3.63, 3.8) is 0 Å². The average Bonchev–Trinajstić information content (AvgIpc) is 2.50. The van der Waals surface area contributed by atoms with Gasteiger partial charge in [0, 0.05) is 6.54 Å². The van der Waals surface area contributed by atoms with E-state index in [0.29, 0.717) is 18.7 Å². The fraction of sp³-hybridized carbons (Fsp3) is 0.438. The molecule has 25 heavy (non-hydrogen) atoms. The van der Waals surface area contributed by atoms with Gasteiger partial charge in [-0.05, 0) is 44.9 Å². The molecule has 0 saturated carbocycles. The van der Waals surface area contributed by atoms with Crippen molar-refractivity contribution in [2.24, 2.45) is 0 Å². The minimum Gasteiger partial charge on any atom is -0.482 e. The van der Waals surface area contributed by atoms with Crippen LogP contribution < -0.4 is 20.9 Å². The average molecular weight is 353 g/mol. The van der Waals surface area contributed by atoms with Crippen LogP contribution in [-0.4, -0.2) is 42.0 Å². The van der Waals surface area contributed by atoms with E-state index in [4.69, 9.17) is 14.6 Å². The van der Waals surface area contributed by atoms with Crippen LogP contribution in [-0.2, 0) is 16.0 Å². The molecule has 3 amide bonds. The van der Waals surface area contributed by atoms with Crippen LogP contribution in [0.5, 0.6) is 5.75 Å². The fourth-order valence-corrected chi connectivity index (χ4v) is 1.67. The Bertz CT molecular complexity index is 595. The summed E-state index contributed by atoms with van der Waals surface area (Å²) in [6, 6.07) is 6.29. The smallest absolute Gasteiger partial charge is 0.426 e. The SMILES string of the molecule is CC(C)(C)OC(=O)NNC(=O)NCCc1ccc(OCC(=O)O)cc1. The van der Waals surface area contributed by atoms with E-state index in [-0.39, 0.29) is 0 Å². The molecule has 0 saturated heterocycles. The summed E-state index contributed by atoms with van der Waals surface area (Å²) in [7, 11) is 0. The number of carbonyl (C=O) groups excluding carboxylic acids is 2. The molecule has 0 aromatic heterocycles. The lowest BCUT2D eigenvalue weighted by molar-refractivity contribution is -0.139. The molecular weight excluding hydrogens is 330 g/mol. The van der Waals surface area contributed by atoms with Crippen molar-refractivity contribution in [2.75, 3.05) is 13.2 Å². The molecule has 0 bridgehead atoms. The first-order valence-electron chi connectivity index (χ1n) is 7.62. The molecule has 0 heterocycles. The van der Waals surface area contributed by atoms with Crippen molar-refractivity contribution in [2.45, 2.75) is 32.8 Å². The molecule has 1 aromatic carbocycles. The lowest BCUT2D eigenvalue weighted by Crippen LogP contribution is -2.48. The van der Waals surface area contributed by atoms with Crippen LogP contribution in [0.1, 0.15) is 26.3 Å². The Morgan fingerprint density at radius 1 is 1.08 bits per heavy atom. The number of carboxylic acid groups (broad SMARTS) is 1. The zero-order valence-corrected chi connectivity index (χ0v) is 14.4. The van der Waals surface area contributed by atoms with Gasteiger partial charge in [0.05, 0.1) is 0 Å². The largest absolute Gasteiger partial charge is 0.482 e. The highest BCUT2D eigenvalue weighted by atomic mass is 16.6. The summed E-state index contributed by atoms with van der Waals surface area (Å²) < 4.78 is 9.99. The van der Waals surface area contributed by atoms with Crippen molar-refractivity contribution in [1.29, 1.82) is 0 Å². The summed E-state index contributed by atoms with van der Waals surface area (Å²) in [5.74, 6) is -0.585. The van der Waals surface area contributed by atoms with E-state index in [0.717, 1.165) is 5.56 Å². The van der Waals surface area contributed by atoms with Crippen LogP contribution >= 0.6 is 0 Å². The maximum Gasteiger partial charge on any atom is 0.426 e. The Morgan fingerprint density at radius 2 is 1.72 bits per heavy atom. The van der Waals surface area contributed by atoms with Gasteiger partial charge in [-0.25, -0.2) is 25.2 Å². The second-order valence-corrected chi connectivity index (χ2v) is 6.08. The molecule has 1 aromatic rings. The summed E-state index contributed by atoms with van der Waals surface area (Å²) in [5.41, 5.74) is 4.59. The molecule has 0 fully saturated rings. The van der Waals surface area contributed by atoms with Gasteiger partial charge < -0.3 is 19.9 Å². The number of carbonyl (C=O) groups is 3. The summed E-state index contributed by atoms with van der Waals surface area (Å²) >= 11 is 0. The summed E-state index contributed by atoms with van der Waals surface area (Å²) in [6.07, 6.45) is -0.196. The number of ether oxygens (including phenoxy) is 2. The fourth-order valence-electron chi connectivity index (χ4n) is 1.67. The third kappa shape index (κ3) is 9.69. The molecule has 0 aliphatic heterocycles. The number of urea groups is 1. The second-order valence-electron chi connectivity index (χ2n) is 6.08. The van der Waals surface area contributed by atoms with Crippen molar-refractivity contribution in [1.82, 2.24) is 16.2 Å². The number of hydrazine groups is 1. The molecule has 4 N–H and O–H groups in total. The number of rotatable bonds is 6. The minimum absolute atomic E-state index is 0.344. The minimum atomic E-state index is -1.04. The van der Waals surface area contributed by atoms with Gasteiger partial charge >= 0.3 is 18.1 Å². The summed E-state index contributed by atoms with van der Waals surface area (Å²) in [4.78, 5) is 33.3. The van der Waals surface area contributed by atoms with Gasteiger partial charge in [-0.1, -0.05) is 12.1 Å². The second kappa shape index (κ2) is 9.36. The highest BCUT2D eigenvalue weighted by Crippen LogP contribution is 2.12. The first-order chi connectivity index (χ1) is 11.7. The number of nitrogens with one attached hydrogen (secondary N) is 3. The van der Waals surface area contributed by atoms with E-state index in [1.807, 2.05) is 0 Å². The van der Waals surface area contributed by atoms with Gasteiger partial charge in [0.25, 0.3) is 0 Å². The molecule has 0 radical (unpaired) electrons. The number of benzene rings is 1. The number of hydrogen-bond acceptors (Lipinski definition) is 5. The molecule has 138 valence electrons. The molecule has 1 rings (SSSR count). The van der Waals surface area contributed by atoms with E-state index in [9.17, 15) is 14.4 Å². The Hall–Kier alpha value is -2.97. The van der Waals surface area contributed by atoms with Crippen molar-refractivity contribution >= 4 is 18.1 Å². The summed E-state index contributed by atoms with van der Waals surface area (Å²) in [6.45, 7) is 5.09. The van der Waals surface area contributed by atoms with Gasteiger partial charge in [0.2, 0.25) is 0 Å². The molecule has 0 atom stereocenters. The topological polar surface area (TPSA) is 126 Å². The van der Waals surface area contributed by atoms with Gasteiger partial charge in [-0.3, -0.25) is 0 Å². The number of amides is 3. The molecule has 0 unspecified atom stereocenters. The predicted octanol–water partition coefficient (Wildman–Crippen LogP) is 1.43. The first-order valence-corrected chi connectivity index (χ1v) is 7.62. The molecule has 0 spiro atoms. The predicted molar refractivity (Wildman–Crippen MR) is 89.2 cm³/mol. The first kappa shape index (κ1) is 20.1. The molecule has 9 heteroatoms. The zero-order chi connectivity index (χ0) is 18.9. The highest BCUT2D eigenvalue weighted by Gasteiger charge is 2.16. The van der Waals surface area contributed by atoms with E-state index in [1.165, 1.54) is 0 Å². The van der Waals surface area contributed by atoms with E-state index < -0.39 is 30.3 Å². The van der Waals surface area contributed by atoms with Gasteiger partial charge in [0.1, 0.15) is 11.4 Å². The Kier molecular flexibility index (Phi) is 7.51. The third-order valence-corrected chi connectivity index (χ3v) is 2.66. The molecule has 0 aliphatic carbocycles. The third-order valence-electron chi connectivity index (χ3n) is 2.66. The van der Waals surface area contributed by atoms with Crippen molar-refractivity contribution in [3.05, 3.63) is 29.8 Å². The van der Waals surface area contributed by atoms with E-state index in [2.05, 4.69) is 16.2 Å². The van der Waals surface area contributed by atoms with Crippen molar-refractivity contribution < 1.29 is 29.0 Å². The normalized spacial score (nSPS) is 10.5. The highest BCUT2D eigenvalue weighted by molar-refractivity contribution is 5.77. The van der Waals surface area contributed by atoms with Crippen LogP contribution in [0.3, 0.4) is 0 Å². The number of aliphatic carboxylic acids is 1. The molecular formula is C16H23N3O6. The Morgan fingerprint density at radius 3 is 2.28 bits per heavy atom. The lowest BCUT2D eigenvalue weighted by atomic mass is 10.1. The number of hydrogen-bond donors (Lipinski definition) is 4. The zero-order valence-electron chi connectivity index (χ0n) is 14.4. The molecule has 0 aliphatic rings. The van der Waals surface area contributed by atoms with Crippen LogP contribution in [0.4, 0.5) is 9.59 Å². The van der Waals surface area contributed by atoms with Crippen LogP contribution in [0, 0.1) is 0 Å². The van der Waals surface area contributed by atoms with Crippen LogP contribution in [0.15, 0.2) is 24.3 Å². The number of carboxylic acids is 1. The Labute approximate surface area is 145 Å². The Balaban J connectivity index is 2.24. The maximum absolute atomic E-state index is 11.5. The van der Waals surface area contributed by atoms with Crippen LogP contribution in [0.25, 0.3) is 0 Å².